The van der Waals surface area contributed by atoms with E-state index in [0.717, 1.165) is 28.8 Å². The lowest BCUT2D eigenvalue weighted by Crippen LogP contribution is -2.05. The van der Waals surface area contributed by atoms with E-state index in [9.17, 15) is 0 Å². The Hall–Kier alpha value is -1.01. The van der Waals surface area contributed by atoms with Gasteiger partial charge in [-0.2, -0.15) is 4.37 Å². The number of thiazole rings is 1. The second-order valence-electron chi connectivity index (χ2n) is 3.94. The number of anilines is 1. The Morgan fingerprint density at radius 3 is 2.94 bits per heavy atom. The standard InChI is InChI=1S/C11H16N4S2/c1-4-5-9-14-11(17-15-9)13-8(3)10-12-6-7(2)16-10/h6,8H,4-5H2,1-3H3,(H,13,14,15). The van der Waals surface area contributed by atoms with Gasteiger partial charge in [0.1, 0.15) is 10.8 Å². The molecule has 2 heterocycles. The second kappa shape index (κ2) is 5.55. The van der Waals surface area contributed by atoms with Crippen molar-refractivity contribution in [2.24, 2.45) is 0 Å². The van der Waals surface area contributed by atoms with E-state index >= 15 is 0 Å². The largest absolute Gasteiger partial charge is 0.351 e. The number of hydrogen-bond acceptors (Lipinski definition) is 6. The highest BCUT2D eigenvalue weighted by Crippen LogP contribution is 2.24. The predicted octanol–water partition coefficient (Wildman–Crippen LogP) is 3.43. The number of aromatic nitrogens is 3. The summed E-state index contributed by atoms with van der Waals surface area (Å²) in [6.07, 6.45) is 3.93. The van der Waals surface area contributed by atoms with Gasteiger partial charge in [0.25, 0.3) is 0 Å². The van der Waals surface area contributed by atoms with E-state index in [1.165, 1.54) is 16.4 Å². The van der Waals surface area contributed by atoms with Gasteiger partial charge in [-0.1, -0.05) is 6.92 Å². The molecule has 6 heteroatoms. The summed E-state index contributed by atoms with van der Waals surface area (Å²) >= 11 is 3.14. The zero-order valence-electron chi connectivity index (χ0n) is 10.2. The minimum Gasteiger partial charge on any atom is -0.351 e. The summed E-state index contributed by atoms with van der Waals surface area (Å²) in [5.74, 6) is 0.933. The van der Waals surface area contributed by atoms with E-state index < -0.39 is 0 Å². The molecule has 1 N–H and O–H groups in total. The summed E-state index contributed by atoms with van der Waals surface area (Å²) in [4.78, 5) is 10.0. The molecule has 4 nitrogen and oxygen atoms in total. The molecule has 0 amide bonds. The molecule has 0 saturated heterocycles. The Morgan fingerprint density at radius 1 is 1.47 bits per heavy atom. The number of rotatable bonds is 5. The van der Waals surface area contributed by atoms with Gasteiger partial charge in [-0.3, -0.25) is 0 Å². The van der Waals surface area contributed by atoms with Gasteiger partial charge in [0, 0.05) is 29.0 Å². The van der Waals surface area contributed by atoms with Gasteiger partial charge in [0.2, 0.25) is 5.13 Å². The molecule has 0 aliphatic rings. The first kappa shape index (κ1) is 12.4. The molecule has 0 fully saturated rings. The van der Waals surface area contributed by atoms with E-state index in [4.69, 9.17) is 0 Å². The molecule has 0 saturated carbocycles. The van der Waals surface area contributed by atoms with Crippen LogP contribution in [-0.4, -0.2) is 14.3 Å². The van der Waals surface area contributed by atoms with Crippen molar-refractivity contribution in [2.45, 2.75) is 39.7 Å². The van der Waals surface area contributed by atoms with Crippen molar-refractivity contribution in [2.75, 3.05) is 5.32 Å². The highest BCUT2D eigenvalue weighted by atomic mass is 32.1. The lowest BCUT2D eigenvalue weighted by Gasteiger charge is -2.08. The zero-order valence-corrected chi connectivity index (χ0v) is 11.9. The smallest absolute Gasteiger partial charge is 0.203 e. The van der Waals surface area contributed by atoms with Crippen LogP contribution in [-0.2, 0) is 6.42 Å². The summed E-state index contributed by atoms with van der Waals surface area (Å²) in [6.45, 7) is 6.30. The van der Waals surface area contributed by atoms with Gasteiger partial charge in [-0.05, 0) is 20.3 Å². The Bertz CT molecular complexity index is 477. The van der Waals surface area contributed by atoms with Crippen LogP contribution in [0.3, 0.4) is 0 Å². The molecule has 17 heavy (non-hydrogen) atoms. The van der Waals surface area contributed by atoms with Crippen LogP contribution in [0.2, 0.25) is 0 Å². The normalized spacial score (nSPS) is 12.6. The Balaban J connectivity index is 1.99. The van der Waals surface area contributed by atoms with Crippen molar-refractivity contribution in [1.82, 2.24) is 14.3 Å². The summed E-state index contributed by atoms with van der Waals surface area (Å²) in [5.41, 5.74) is 0. The van der Waals surface area contributed by atoms with Crippen molar-refractivity contribution < 1.29 is 0 Å². The predicted molar refractivity (Wildman–Crippen MR) is 72.8 cm³/mol. The fraction of sp³-hybridized carbons (Fsp3) is 0.545. The third kappa shape index (κ3) is 3.23. The fourth-order valence-corrected chi connectivity index (χ4v) is 2.93. The van der Waals surface area contributed by atoms with E-state index in [2.05, 4.69) is 40.4 Å². The van der Waals surface area contributed by atoms with Crippen molar-refractivity contribution >= 4 is 28.0 Å². The molecular formula is C11H16N4S2. The fourth-order valence-electron chi connectivity index (χ4n) is 1.46. The topological polar surface area (TPSA) is 50.7 Å². The molecule has 0 aromatic carbocycles. The SMILES string of the molecule is CCCc1nsc(NC(C)c2ncc(C)s2)n1. The van der Waals surface area contributed by atoms with Gasteiger partial charge >= 0.3 is 0 Å². The van der Waals surface area contributed by atoms with Gasteiger partial charge in [-0.25, -0.2) is 9.97 Å². The molecule has 2 aromatic rings. The number of hydrogen-bond donors (Lipinski definition) is 1. The number of nitrogens with one attached hydrogen (secondary N) is 1. The maximum absolute atomic E-state index is 4.45. The summed E-state index contributed by atoms with van der Waals surface area (Å²) in [6, 6.07) is 0.191. The maximum atomic E-state index is 4.45. The van der Waals surface area contributed by atoms with Crippen LogP contribution >= 0.6 is 22.9 Å². The first-order chi connectivity index (χ1) is 8.19. The third-order valence-corrected chi connectivity index (χ3v) is 4.07. The minimum atomic E-state index is 0.191. The number of nitrogens with zero attached hydrogens (tertiary/aromatic N) is 3. The van der Waals surface area contributed by atoms with Gasteiger partial charge in [-0.15, -0.1) is 11.3 Å². The van der Waals surface area contributed by atoms with Crippen molar-refractivity contribution in [1.29, 1.82) is 0 Å². The van der Waals surface area contributed by atoms with Crippen LogP contribution in [0.4, 0.5) is 5.13 Å². The van der Waals surface area contributed by atoms with Gasteiger partial charge < -0.3 is 5.32 Å². The average molecular weight is 268 g/mol. The quantitative estimate of drug-likeness (QED) is 0.902. The number of aryl methyl sites for hydroxylation is 2. The monoisotopic (exact) mass is 268 g/mol. The maximum Gasteiger partial charge on any atom is 0.203 e. The molecule has 0 radical (unpaired) electrons. The lowest BCUT2D eigenvalue weighted by atomic mass is 10.3. The summed E-state index contributed by atoms with van der Waals surface area (Å²) in [7, 11) is 0. The minimum absolute atomic E-state index is 0.191. The first-order valence-electron chi connectivity index (χ1n) is 5.70. The molecule has 1 unspecified atom stereocenters. The lowest BCUT2D eigenvalue weighted by molar-refractivity contribution is 0.843. The molecule has 2 rings (SSSR count). The molecule has 0 bridgehead atoms. The van der Waals surface area contributed by atoms with E-state index in [-0.39, 0.29) is 6.04 Å². The first-order valence-corrected chi connectivity index (χ1v) is 7.29. The molecular weight excluding hydrogens is 252 g/mol. The highest BCUT2D eigenvalue weighted by Gasteiger charge is 2.11. The molecule has 1 atom stereocenters. The van der Waals surface area contributed by atoms with E-state index in [1.807, 2.05) is 6.20 Å². The molecule has 92 valence electrons. The summed E-state index contributed by atoms with van der Waals surface area (Å²) in [5, 5.41) is 5.32. The van der Waals surface area contributed by atoms with E-state index in [0.29, 0.717) is 0 Å². The Kier molecular flexibility index (Phi) is 4.06. The van der Waals surface area contributed by atoms with Crippen molar-refractivity contribution in [3.05, 3.63) is 21.9 Å². The van der Waals surface area contributed by atoms with Crippen LogP contribution in [0.15, 0.2) is 6.20 Å². The van der Waals surface area contributed by atoms with Crippen LogP contribution in [0, 0.1) is 6.92 Å². The van der Waals surface area contributed by atoms with Crippen LogP contribution in [0.5, 0.6) is 0 Å². The molecule has 0 aliphatic carbocycles. The van der Waals surface area contributed by atoms with Crippen molar-refractivity contribution in [3.8, 4) is 0 Å². The average Bonchev–Trinajstić information content (AvgIpc) is 2.88. The van der Waals surface area contributed by atoms with Gasteiger partial charge in [0.05, 0.1) is 6.04 Å². The Labute approximate surface area is 109 Å². The van der Waals surface area contributed by atoms with Crippen molar-refractivity contribution in [3.63, 3.8) is 0 Å². The van der Waals surface area contributed by atoms with Crippen LogP contribution < -0.4 is 5.32 Å². The second-order valence-corrected chi connectivity index (χ2v) is 5.96. The zero-order chi connectivity index (χ0) is 12.3. The summed E-state index contributed by atoms with van der Waals surface area (Å²) < 4.78 is 4.31. The van der Waals surface area contributed by atoms with Gasteiger partial charge in [0.15, 0.2) is 0 Å². The van der Waals surface area contributed by atoms with Crippen LogP contribution in [0.25, 0.3) is 0 Å². The molecule has 0 spiro atoms. The highest BCUT2D eigenvalue weighted by molar-refractivity contribution is 7.11. The van der Waals surface area contributed by atoms with Crippen LogP contribution in [0.1, 0.15) is 42.0 Å². The third-order valence-electron chi connectivity index (χ3n) is 2.29. The molecule has 0 aliphatic heterocycles. The Morgan fingerprint density at radius 2 is 2.29 bits per heavy atom. The van der Waals surface area contributed by atoms with E-state index in [1.54, 1.807) is 11.3 Å². The molecule has 2 aromatic heterocycles.